The molecule has 28 heavy (non-hydrogen) atoms. The highest BCUT2D eigenvalue weighted by Crippen LogP contribution is 2.31. The topological polar surface area (TPSA) is 63.0 Å². The van der Waals surface area contributed by atoms with Crippen LogP contribution in [0, 0.1) is 19.8 Å². The second-order valence-corrected chi connectivity index (χ2v) is 8.69. The molecule has 7 nitrogen and oxygen atoms in total. The van der Waals surface area contributed by atoms with E-state index >= 15 is 0 Å². The fourth-order valence-electron chi connectivity index (χ4n) is 5.25. The van der Waals surface area contributed by atoms with Crippen molar-refractivity contribution in [2.75, 3.05) is 32.8 Å². The van der Waals surface area contributed by atoms with Crippen molar-refractivity contribution in [3.8, 4) is 0 Å². The number of aromatic nitrogens is 3. The van der Waals surface area contributed by atoms with Gasteiger partial charge >= 0.3 is 0 Å². The summed E-state index contributed by atoms with van der Waals surface area (Å²) in [6, 6.07) is 4.73. The molecule has 6 heterocycles. The van der Waals surface area contributed by atoms with E-state index in [1.807, 2.05) is 26.0 Å². The van der Waals surface area contributed by atoms with Crippen LogP contribution in [0.5, 0.6) is 0 Å². The van der Waals surface area contributed by atoms with Gasteiger partial charge in [-0.3, -0.25) is 9.69 Å². The number of ether oxygens (including phenoxy) is 1. The summed E-state index contributed by atoms with van der Waals surface area (Å²) in [5.74, 6) is 0.621. The molecule has 0 radical (unpaired) electrons. The van der Waals surface area contributed by atoms with E-state index < -0.39 is 0 Å². The lowest BCUT2D eigenvalue weighted by Crippen LogP contribution is -2.48. The van der Waals surface area contributed by atoms with Gasteiger partial charge in [-0.1, -0.05) is 0 Å². The zero-order valence-electron chi connectivity index (χ0n) is 16.8. The fraction of sp³-hybridized carbons (Fsp3) is 0.667. The maximum absolute atomic E-state index is 13.4. The van der Waals surface area contributed by atoms with E-state index in [4.69, 9.17) is 4.74 Å². The van der Waals surface area contributed by atoms with Crippen molar-refractivity contribution in [1.29, 1.82) is 0 Å². The maximum Gasteiger partial charge on any atom is 0.274 e. The van der Waals surface area contributed by atoms with Crippen molar-refractivity contribution in [2.24, 2.45) is 5.92 Å². The fourth-order valence-corrected chi connectivity index (χ4v) is 5.25. The third-order valence-corrected chi connectivity index (χ3v) is 6.66. The molecule has 2 aromatic heterocycles. The molecule has 4 fully saturated rings. The van der Waals surface area contributed by atoms with Gasteiger partial charge in [0.2, 0.25) is 0 Å². The molecule has 1 amide bonds. The SMILES string of the molecule is Cc1cc(C)n2nc(C(=O)N3C[C@H]4CC[C@@H]3CN(C3CCOCC3)C4)cc2n1. The first-order valence-corrected chi connectivity index (χ1v) is 10.6. The Balaban J connectivity index is 1.39. The van der Waals surface area contributed by atoms with Crippen LogP contribution in [0.1, 0.15) is 47.6 Å². The molecule has 0 saturated carbocycles. The molecular formula is C21H29N5O2. The van der Waals surface area contributed by atoms with Gasteiger partial charge in [0.15, 0.2) is 11.3 Å². The minimum Gasteiger partial charge on any atom is -0.381 e. The van der Waals surface area contributed by atoms with Gasteiger partial charge in [0.05, 0.1) is 0 Å². The Bertz CT molecular complexity index is 888. The van der Waals surface area contributed by atoms with Gasteiger partial charge in [0.25, 0.3) is 5.91 Å². The molecule has 150 valence electrons. The molecule has 4 aliphatic rings. The molecule has 0 unspecified atom stereocenters. The first-order valence-electron chi connectivity index (χ1n) is 10.6. The summed E-state index contributed by atoms with van der Waals surface area (Å²) >= 11 is 0. The summed E-state index contributed by atoms with van der Waals surface area (Å²) in [6.07, 6.45) is 4.55. The largest absolute Gasteiger partial charge is 0.381 e. The zero-order chi connectivity index (χ0) is 19.3. The monoisotopic (exact) mass is 383 g/mol. The molecule has 4 aliphatic heterocycles. The van der Waals surface area contributed by atoms with Gasteiger partial charge < -0.3 is 9.64 Å². The first kappa shape index (κ1) is 18.1. The van der Waals surface area contributed by atoms with Gasteiger partial charge in [-0.2, -0.15) is 5.10 Å². The van der Waals surface area contributed by atoms with Gasteiger partial charge in [0.1, 0.15) is 0 Å². The van der Waals surface area contributed by atoms with Crippen molar-refractivity contribution in [1.82, 2.24) is 24.4 Å². The number of fused-ring (bicyclic) bond motifs is 5. The molecule has 2 atom stereocenters. The second-order valence-electron chi connectivity index (χ2n) is 8.69. The molecule has 2 aromatic rings. The number of aryl methyl sites for hydroxylation is 2. The highest BCUT2D eigenvalue weighted by Gasteiger charge is 2.40. The highest BCUT2D eigenvalue weighted by atomic mass is 16.5. The normalized spacial score (nSPS) is 26.7. The molecule has 0 N–H and O–H groups in total. The Hall–Kier alpha value is -1.99. The molecule has 6 rings (SSSR count). The molecule has 0 aliphatic carbocycles. The van der Waals surface area contributed by atoms with E-state index in [9.17, 15) is 4.79 Å². The van der Waals surface area contributed by atoms with E-state index in [-0.39, 0.29) is 11.9 Å². The number of amides is 1. The number of nitrogens with zero attached hydrogens (tertiary/aromatic N) is 5. The van der Waals surface area contributed by atoms with Gasteiger partial charge in [0, 0.05) is 62.4 Å². The molecular weight excluding hydrogens is 354 g/mol. The minimum absolute atomic E-state index is 0.0612. The number of hydrogen-bond donors (Lipinski definition) is 0. The Morgan fingerprint density at radius 3 is 2.68 bits per heavy atom. The second kappa shape index (κ2) is 7.12. The number of carbonyl (C=O) groups excluding carboxylic acids is 1. The summed E-state index contributed by atoms with van der Waals surface area (Å²) in [5.41, 5.74) is 3.23. The van der Waals surface area contributed by atoms with Crippen molar-refractivity contribution >= 4 is 11.6 Å². The van der Waals surface area contributed by atoms with Gasteiger partial charge in [-0.25, -0.2) is 9.50 Å². The summed E-state index contributed by atoms with van der Waals surface area (Å²) in [6.45, 7) is 8.65. The van der Waals surface area contributed by atoms with Crippen molar-refractivity contribution in [3.05, 3.63) is 29.2 Å². The van der Waals surface area contributed by atoms with Gasteiger partial charge in [-0.15, -0.1) is 0 Å². The average molecular weight is 383 g/mol. The Morgan fingerprint density at radius 1 is 1.04 bits per heavy atom. The molecule has 0 aromatic carbocycles. The maximum atomic E-state index is 13.4. The summed E-state index contributed by atoms with van der Waals surface area (Å²) in [4.78, 5) is 22.6. The third-order valence-electron chi connectivity index (χ3n) is 6.66. The van der Waals surface area contributed by atoms with Crippen LogP contribution in [0.3, 0.4) is 0 Å². The molecule has 0 spiro atoms. The summed E-state index contributed by atoms with van der Waals surface area (Å²) in [7, 11) is 0. The van der Waals surface area contributed by atoms with Crippen molar-refractivity contribution in [3.63, 3.8) is 0 Å². The average Bonchev–Trinajstić information content (AvgIpc) is 2.91. The first-order chi connectivity index (χ1) is 13.6. The van der Waals surface area contributed by atoms with Crippen LogP contribution in [-0.2, 0) is 4.74 Å². The Labute approximate surface area is 165 Å². The van der Waals surface area contributed by atoms with E-state index in [1.165, 1.54) is 6.42 Å². The predicted octanol–water partition coefficient (Wildman–Crippen LogP) is 2.06. The van der Waals surface area contributed by atoms with Crippen molar-refractivity contribution < 1.29 is 9.53 Å². The van der Waals surface area contributed by atoms with E-state index in [2.05, 4.69) is 19.9 Å². The standard InChI is InChI=1S/C21H29N5O2/c1-14-9-15(2)26-20(22-14)10-19(23-26)21(27)25-12-16-3-4-18(25)13-24(11-16)17-5-7-28-8-6-17/h9-10,16-18H,3-8,11-13H2,1-2H3/t16-,18+/m0/s1. The lowest BCUT2D eigenvalue weighted by Gasteiger charge is -2.36. The van der Waals surface area contributed by atoms with E-state index in [0.717, 1.165) is 69.1 Å². The Kier molecular flexibility index (Phi) is 4.59. The van der Waals surface area contributed by atoms with Crippen LogP contribution in [0.4, 0.5) is 0 Å². The van der Waals surface area contributed by atoms with Crippen LogP contribution in [0.15, 0.2) is 12.1 Å². The highest BCUT2D eigenvalue weighted by molar-refractivity contribution is 5.93. The molecule has 7 heteroatoms. The lowest BCUT2D eigenvalue weighted by atomic mass is 9.94. The number of carbonyl (C=O) groups is 1. The number of rotatable bonds is 2. The van der Waals surface area contributed by atoms with Gasteiger partial charge in [-0.05, 0) is 51.5 Å². The third kappa shape index (κ3) is 3.20. The van der Waals surface area contributed by atoms with Crippen LogP contribution in [0.25, 0.3) is 5.65 Å². The number of piperidine rings is 1. The molecule has 2 bridgehead atoms. The smallest absolute Gasteiger partial charge is 0.274 e. The minimum atomic E-state index is 0.0612. The zero-order valence-corrected chi connectivity index (χ0v) is 16.8. The van der Waals surface area contributed by atoms with Crippen LogP contribution < -0.4 is 0 Å². The lowest BCUT2D eigenvalue weighted by molar-refractivity contribution is 0.0304. The van der Waals surface area contributed by atoms with Crippen LogP contribution >= 0.6 is 0 Å². The molecule has 4 saturated heterocycles. The van der Waals surface area contributed by atoms with Crippen molar-refractivity contribution in [2.45, 2.75) is 51.6 Å². The Morgan fingerprint density at radius 2 is 1.86 bits per heavy atom. The van der Waals surface area contributed by atoms with E-state index in [0.29, 0.717) is 17.7 Å². The quantitative estimate of drug-likeness (QED) is 0.794. The summed E-state index contributed by atoms with van der Waals surface area (Å²) in [5, 5.41) is 4.58. The van der Waals surface area contributed by atoms with Crippen LogP contribution in [-0.4, -0.2) is 75.2 Å². The summed E-state index contributed by atoms with van der Waals surface area (Å²) < 4.78 is 7.33. The van der Waals surface area contributed by atoms with Crippen LogP contribution in [0.2, 0.25) is 0 Å². The number of hydrogen-bond acceptors (Lipinski definition) is 5. The predicted molar refractivity (Wildman–Crippen MR) is 105 cm³/mol. The van der Waals surface area contributed by atoms with E-state index in [1.54, 1.807) is 4.52 Å².